The lowest BCUT2D eigenvalue weighted by Gasteiger charge is -2.23. The van der Waals surface area contributed by atoms with E-state index in [-0.39, 0.29) is 18.2 Å². The summed E-state index contributed by atoms with van der Waals surface area (Å²) in [5.41, 5.74) is -0.472. The molecule has 0 radical (unpaired) electrons. The van der Waals surface area contributed by atoms with E-state index in [1.807, 2.05) is 20.8 Å². The standard InChI is InChI=1S/C15H27NO3/c1-10(17)12-13(11-8-6-5-7-9-11)16(12)14(18)19-15(2,3)4/h10-13,17H,5-9H2,1-4H3/t10-,12-,13-,16?/m0/s1. The second-order valence-electron chi connectivity index (χ2n) is 7.01. The molecule has 1 aliphatic carbocycles. The lowest BCUT2D eigenvalue weighted by molar-refractivity contribution is 0.0352. The molecule has 4 nitrogen and oxygen atoms in total. The van der Waals surface area contributed by atoms with Crippen LogP contribution in [0.3, 0.4) is 0 Å². The quantitative estimate of drug-likeness (QED) is 0.784. The fourth-order valence-corrected chi connectivity index (χ4v) is 3.33. The van der Waals surface area contributed by atoms with Gasteiger partial charge in [-0.25, -0.2) is 4.79 Å². The fourth-order valence-electron chi connectivity index (χ4n) is 3.33. The van der Waals surface area contributed by atoms with Gasteiger partial charge in [0.1, 0.15) is 5.60 Å². The Kier molecular flexibility index (Phi) is 4.09. The normalized spacial score (nSPS) is 30.1. The summed E-state index contributed by atoms with van der Waals surface area (Å²) < 4.78 is 5.44. The number of aliphatic hydroxyl groups is 1. The molecule has 1 aliphatic heterocycles. The van der Waals surface area contributed by atoms with E-state index in [1.54, 1.807) is 11.8 Å². The summed E-state index contributed by atoms with van der Waals surface area (Å²) in [6.45, 7) is 7.40. The van der Waals surface area contributed by atoms with E-state index in [0.29, 0.717) is 5.92 Å². The number of rotatable bonds is 2. The first-order chi connectivity index (χ1) is 8.81. The van der Waals surface area contributed by atoms with Gasteiger partial charge in [-0.1, -0.05) is 19.3 Å². The van der Waals surface area contributed by atoms with Crippen molar-refractivity contribution >= 4 is 6.09 Å². The Morgan fingerprint density at radius 1 is 1.26 bits per heavy atom. The van der Waals surface area contributed by atoms with Crippen molar-refractivity contribution in [2.45, 2.75) is 83.6 Å². The van der Waals surface area contributed by atoms with Crippen LogP contribution in [0, 0.1) is 5.92 Å². The van der Waals surface area contributed by atoms with Crippen molar-refractivity contribution < 1.29 is 14.6 Å². The molecule has 2 aliphatic rings. The van der Waals surface area contributed by atoms with Gasteiger partial charge >= 0.3 is 6.09 Å². The summed E-state index contributed by atoms with van der Waals surface area (Å²) in [7, 11) is 0. The van der Waals surface area contributed by atoms with Gasteiger partial charge in [0.2, 0.25) is 0 Å². The lowest BCUT2D eigenvalue weighted by atomic mass is 9.85. The first-order valence-electron chi connectivity index (χ1n) is 7.50. The molecule has 2 fully saturated rings. The van der Waals surface area contributed by atoms with Crippen LogP contribution in [0.4, 0.5) is 4.79 Å². The third-order valence-electron chi connectivity index (χ3n) is 4.13. The zero-order valence-corrected chi connectivity index (χ0v) is 12.6. The van der Waals surface area contributed by atoms with Crippen LogP contribution in [-0.4, -0.2) is 39.9 Å². The Labute approximate surface area is 116 Å². The van der Waals surface area contributed by atoms with Gasteiger partial charge in [-0.05, 0) is 46.5 Å². The van der Waals surface area contributed by atoms with E-state index in [2.05, 4.69) is 0 Å². The smallest absolute Gasteiger partial charge is 0.411 e. The minimum atomic E-state index is -0.473. The van der Waals surface area contributed by atoms with Crippen molar-refractivity contribution in [3.63, 3.8) is 0 Å². The van der Waals surface area contributed by atoms with Gasteiger partial charge in [0.25, 0.3) is 0 Å². The van der Waals surface area contributed by atoms with Gasteiger partial charge in [0, 0.05) is 0 Å². The molecule has 0 spiro atoms. The Hall–Kier alpha value is -0.770. The third-order valence-corrected chi connectivity index (χ3v) is 4.13. The highest BCUT2D eigenvalue weighted by molar-refractivity contribution is 5.73. The monoisotopic (exact) mass is 269 g/mol. The Bertz CT molecular complexity index is 329. The van der Waals surface area contributed by atoms with Crippen molar-refractivity contribution in [2.75, 3.05) is 0 Å². The first kappa shape index (κ1) is 14.6. The van der Waals surface area contributed by atoms with Crippen LogP contribution in [0.1, 0.15) is 59.8 Å². The van der Waals surface area contributed by atoms with Crippen LogP contribution >= 0.6 is 0 Å². The average molecular weight is 269 g/mol. The first-order valence-corrected chi connectivity index (χ1v) is 7.50. The van der Waals surface area contributed by atoms with E-state index < -0.39 is 11.7 Å². The molecule has 3 atom stereocenters. The highest BCUT2D eigenvalue weighted by atomic mass is 16.6. The van der Waals surface area contributed by atoms with E-state index >= 15 is 0 Å². The van der Waals surface area contributed by atoms with E-state index in [0.717, 1.165) is 0 Å². The molecular weight excluding hydrogens is 242 g/mol. The molecule has 0 aromatic rings. The van der Waals surface area contributed by atoms with E-state index in [4.69, 9.17) is 4.74 Å². The zero-order valence-electron chi connectivity index (χ0n) is 12.6. The van der Waals surface area contributed by atoms with Crippen molar-refractivity contribution in [1.82, 2.24) is 4.90 Å². The SMILES string of the molecule is C[C@H](O)[C@H]1[C@H](C2CCCCC2)N1C(=O)OC(C)(C)C. The molecule has 4 heteroatoms. The summed E-state index contributed by atoms with van der Waals surface area (Å²) in [5, 5.41) is 9.86. The van der Waals surface area contributed by atoms with Crippen molar-refractivity contribution in [2.24, 2.45) is 5.92 Å². The number of nitrogens with zero attached hydrogens (tertiary/aromatic N) is 1. The summed E-state index contributed by atoms with van der Waals surface area (Å²) in [6, 6.07) is 0.146. The van der Waals surface area contributed by atoms with Gasteiger partial charge in [-0.2, -0.15) is 0 Å². The maximum Gasteiger partial charge on any atom is 0.411 e. The fraction of sp³-hybridized carbons (Fsp3) is 0.933. The number of amides is 1. The van der Waals surface area contributed by atoms with Gasteiger partial charge in [-0.15, -0.1) is 0 Å². The summed E-state index contributed by atoms with van der Waals surface area (Å²) in [5.74, 6) is 0.542. The molecule has 1 amide bonds. The number of aliphatic hydroxyl groups excluding tert-OH is 1. The molecule has 19 heavy (non-hydrogen) atoms. The minimum Gasteiger partial charge on any atom is -0.444 e. The molecule has 0 aromatic heterocycles. The number of ether oxygens (including phenoxy) is 1. The molecule has 0 unspecified atom stereocenters. The minimum absolute atomic E-state index is 0.0436. The topological polar surface area (TPSA) is 49.5 Å². The van der Waals surface area contributed by atoms with Crippen LogP contribution in [0.2, 0.25) is 0 Å². The van der Waals surface area contributed by atoms with Crippen LogP contribution in [0.15, 0.2) is 0 Å². The maximum absolute atomic E-state index is 12.2. The lowest BCUT2D eigenvalue weighted by Crippen LogP contribution is -2.30. The van der Waals surface area contributed by atoms with Crippen LogP contribution in [0.5, 0.6) is 0 Å². The number of hydrogen-bond donors (Lipinski definition) is 1. The van der Waals surface area contributed by atoms with E-state index in [1.165, 1.54) is 32.1 Å². The average Bonchev–Trinajstić information content (AvgIpc) is 3.03. The predicted octanol–water partition coefficient (Wildman–Crippen LogP) is 2.94. The largest absolute Gasteiger partial charge is 0.444 e. The van der Waals surface area contributed by atoms with Crippen LogP contribution in [-0.2, 0) is 4.74 Å². The highest BCUT2D eigenvalue weighted by Crippen LogP contribution is 2.43. The predicted molar refractivity (Wildman–Crippen MR) is 73.9 cm³/mol. The second-order valence-corrected chi connectivity index (χ2v) is 7.01. The van der Waals surface area contributed by atoms with Gasteiger partial charge < -0.3 is 9.84 Å². The van der Waals surface area contributed by atoms with Crippen LogP contribution in [0.25, 0.3) is 0 Å². The molecular formula is C15H27NO3. The van der Waals surface area contributed by atoms with Gasteiger partial charge in [0.15, 0.2) is 0 Å². The zero-order chi connectivity index (χ0) is 14.2. The van der Waals surface area contributed by atoms with E-state index in [9.17, 15) is 9.90 Å². The molecule has 1 saturated carbocycles. The molecule has 1 heterocycles. The number of carbonyl (C=O) groups excluding carboxylic acids is 1. The number of hydrogen-bond acceptors (Lipinski definition) is 3. The molecule has 1 N–H and O–H groups in total. The Morgan fingerprint density at radius 3 is 2.32 bits per heavy atom. The summed E-state index contributed by atoms with van der Waals surface area (Å²) in [4.78, 5) is 13.9. The van der Waals surface area contributed by atoms with Crippen molar-refractivity contribution in [3.8, 4) is 0 Å². The third kappa shape index (κ3) is 3.41. The molecule has 0 bridgehead atoms. The molecule has 110 valence electrons. The van der Waals surface area contributed by atoms with Crippen molar-refractivity contribution in [3.05, 3.63) is 0 Å². The molecule has 0 aromatic carbocycles. The summed E-state index contributed by atoms with van der Waals surface area (Å²) in [6.07, 6.45) is 5.40. The van der Waals surface area contributed by atoms with Gasteiger partial charge in [-0.3, -0.25) is 4.90 Å². The summed E-state index contributed by atoms with van der Waals surface area (Å²) >= 11 is 0. The number of carbonyl (C=O) groups is 1. The van der Waals surface area contributed by atoms with Gasteiger partial charge in [0.05, 0.1) is 18.2 Å². The maximum atomic E-state index is 12.2. The van der Waals surface area contributed by atoms with Crippen LogP contribution < -0.4 is 0 Å². The second kappa shape index (κ2) is 5.31. The Morgan fingerprint density at radius 2 is 1.84 bits per heavy atom. The van der Waals surface area contributed by atoms with Crippen molar-refractivity contribution in [1.29, 1.82) is 0 Å². The molecule has 2 rings (SSSR count). The highest BCUT2D eigenvalue weighted by Gasteiger charge is 2.57. The molecule has 1 saturated heterocycles. The Balaban J connectivity index is 2.00.